The summed E-state index contributed by atoms with van der Waals surface area (Å²) in [6, 6.07) is 14.5. The molecule has 156 valence electrons. The van der Waals surface area contributed by atoms with Crippen LogP contribution in [0.15, 0.2) is 54.0 Å². The van der Waals surface area contributed by atoms with Crippen molar-refractivity contribution in [2.45, 2.75) is 20.3 Å². The summed E-state index contributed by atoms with van der Waals surface area (Å²) in [6.07, 6.45) is 2.98. The van der Waals surface area contributed by atoms with E-state index in [-0.39, 0.29) is 0 Å². The lowest BCUT2D eigenvalue weighted by atomic mass is 9.97. The van der Waals surface area contributed by atoms with Crippen molar-refractivity contribution in [3.63, 3.8) is 0 Å². The number of hydrogen-bond donors (Lipinski definition) is 0. The molecule has 4 nitrogen and oxygen atoms in total. The van der Waals surface area contributed by atoms with Gasteiger partial charge in [0.2, 0.25) is 0 Å². The van der Waals surface area contributed by atoms with Gasteiger partial charge in [-0.15, -0.1) is 11.3 Å². The van der Waals surface area contributed by atoms with Crippen LogP contribution in [0.3, 0.4) is 0 Å². The molecule has 0 aliphatic rings. The van der Waals surface area contributed by atoms with Crippen molar-refractivity contribution in [1.29, 1.82) is 0 Å². The number of thiophene rings is 1. The van der Waals surface area contributed by atoms with E-state index in [1.165, 1.54) is 10.1 Å². The van der Waals surface area contributed by atoms with Crippen molar-refractivity contribution in [3.8, 4) is 22.6 Å². The van der Waals surface area contributed by atoms with Gasteiger partial charge in [-0.05, 0) is 60.8 Å². The lowest BCUT2D eigenvalue weighted by Gasteiger charge is -2.17. The molecule has 0 N–H and O–H groups in total. The molecule has 0 amide bonds. The predicted molar refractivity (Wildman–Crippen MR) is 127 cm³/mol. The maximum atomic E-state index is 5.97. The van der Waals surface area contributed by atoms with Gasteiger partial charge >= 0.3 is 0 Å². The second kappa shape index (κ2) is 9.45. The number of pyridine rings is 1. The summed E-state index contributed by atoms with van der Waals surface area (Å²) in [5, 5.41) is 4.47. The minimum absolute atomic E-state index is 0.729. The van der Waals surface area contributed by atoms with Crippen molar-refractivity contribution in [2.75, 3.05) is 33.4 Å². The molecule has 0 aliphatic carbocycles. The van der Waals surface area contributed by atoms with Crippen LogP contribution in [0.2, 0.25) is 0 Å². The van der Waals surface area contributed by atoms with Gasteiger partial charge in [-0.3, -0.25) is 4.98 Å². The molecule has 0 fully saturated rings. The average Bonchev–Trinajstić information content (AvgIpc) is 3.28. The number of benzene rings is 2. The van der Waals surface area contributed by atoms with Crippen LogP contribution in [0, 0.1) is 0 Å². The summed E-state index contributed by atoms with van der Waals surface area (Å²) >= 11 is 1.71. The molecule has 0 spiro atoms. The van der Waals surface area contributed by atoms with Gasteiger partial charge < -0.3 is 14.4 Å². The molecule has 4 aromatic rings. The summed E-state index contributed by atoms with van der Waals surface area (Å²) in [7, 11) is 1.72. The summed E-state index contributed by atoms with van der Waals surface area (Å²) in [4.78, 5) is 7.08. The molecule has 0 aliphatic heterocycles. The number of fused-ring (bicyclic) bond motifs is 3. The molecular formula is C25H28N2O2S. The molecular weight excluding hydrogens is 392 g/mol. The quantitative estimate of drug-likeness (QED) is 0.300. The zero-order valence-electron chi connectivity index (χ0n) is 17.9. The molecule has 2 aromatic carbocycles. The van der Waals surface area contributed by atoms with Crippen LogP contribution in [0.5, 0.6) is 11.5 Å². The van der Waals surface area contributed by atoms with Gasteiger partial charge in [-0.2, -0.15) is 0 Å². The average molecular weight is 421 g/mol. The normalized spacial score (nSPS) is 11.5. The smallest absolute Gasteiger partial charge is 0.127 e. The van der Waals surface area contributed by atoms with E-state index in [0.29, 0.717) is 0 Å². The van der Waals surface area contributed by atoms with Gasteiger partial charge in [0.25, 0.3) is 0 Å². The highest BCUT2D eigenvalue weighted by molar-refractivity contribution is 7.17. The van der Waals surface area contributed by atoms with Crippen LogP contribution in [0.25, 0.3) is 32.1 Å². The minimum Gasteiger partial charge on any atom is -0.496 e. The van der Waals surface area contributed by atoms with Crippen LogP contribution in [0.4, 0.5) is 0 Å². The van der Waals surface area contributed by atoms with E-state index in [0.717, 1.165) is 66.2 Å². The van der Waals surface area contributed by atoms with E-state index in [2.05, 4.69) is 47.3 Å². The van der Waals surface area contributed by atoms with Crippen molar-refractivity contribution < 1.29 is 9.47 Å². The van der Waals surface area contributed by atoms with E-state index in [1.54, 1.807) is 18.4 Å². The number of hydrogen-bond acceptors (Lipinski definition) is 5. The number of methoxy groups -OCH3 is 1. The summed E-state index contributed by atoms with van der Waals surface area (Å²) < 4.78 is 12.9. The van der Waals surface area contributed by atoms with E-state index in [9.17, 15) is 0 Å². The Balaban J connectivity index is 1.60. The minimum atomic E-state index is 0.729. The van der Waals surface area contributed by atoms with E-state index < -0.39 is 0 Å². The molecule has 0 radical (unpaired) electrons. The van der Waals surface area contributed by atoms with Crippen molar-refractivity contribution >= 4 is 32.3 Å². The molecule has 0 bridgehead atoms. The van der Waals surface area contributed by atoms with Gasteiger partial charge in [-0.1, -0.05) is 26.0 Å². The van der Waals surface area contributed by atoms with Crippen LogP contribution < -0.4 is 9.47 Å². The van der Waals surface area contributed by atoms with Crippen molar-refractivity contribution in [3.05, 3.63) is 54.0 Å². The van der Waals surface area contributed by atoms with Crippen LogP contribution in [-0.4, -0.2) is 43.2 Å². The highest BCUT2D eigenvalue weighted by atomic mass is 32.1. The first-order valence-corrected chi connectivity index (χ1v) is 11.4. The lowest BCUT2D eigenvalue weighted by molar-refractivity contribution is 0.249. The predicted octanol–water partition coefficient (Wildman–Crippen LogP) is 6.24. The van der Waals surface area contributed by atoms with Crippen LogP contribution >= 0.6 is 11.3 Å². The monoisotopic (exact) mass is 420 g/mol. The number of ether oxygens (including phenoxy) is 2. The lowest BCUT2D eigenvalue weighted by Crippen LogP contribution is -2.25. The Labute approximate surface area is 182 Å². The summed E-state index contributed by atoms with van der Waals surface area (Å²) in [5.41, 5.74) is 3.17. The Morgan fingerprint density at radius 2 is 1.80 bits per heavy atom. The number of aromatic nitrogens is 1. The summed E-state index contributed by atoms with van der Waals surface area (Å²) in [5.74, 6) is 1.76. The van der Waals surface area contributed by atoms with E-state index in [1.807, 2.05) is 30.5 Å². The fourth-order valence-corrected chi connectivity index (χ4v) is 4.66. The maximum Gasteiger partial charge on any atom is 0.127 e. The number of nitrogens with zero attached hydrogens (tertiary/aromatic N) is 2. The highest BCUT2D eigenvalue weighted by Gasteiger charge is 2.15. The topological polar surface area (TPSA) is 34.6 Å². The van der Waals surface area contributed by atoms with Crippen molar-refractivity contribution in [1.82, 2.24) is 9.88 Å². The zero-order chi connectivity index (χ0) is 20.9. The van der Waals surface area contributed by atoms with E-state index >= 15 is 0 Å². The van der Waals surface area contributed by atoms with E-state index in [4.69, 9.17) is 9.47 Å². The third kappa shape index (κ3) is 4.13. The first-order chi connectivity index (χ1) is 14.7. The first-order valence-electron chi connectivity index (χ1n) is 10.5. The fourth-order valence-electron chi connectivity index (χ4n) is 3.90. The summed E-state index contributed by atoms with van der Waals surface area (Å²) in [6.45, 7) is 8.37. The zero-order valence-corrected chi connectivity index (χ0v) is 18.7. The molecule has 5 heteroatoms. The molecule has 0 saturated heterocycles. The van der Waals surface area contributed by atoms with Gasteiger partial charge in [0.1, 0.15) is 11.5 Å². The van der Waals surface area contributed by atoms with Gasteiger partial charge in [0.05, 0.1) is 23.9 Å². The SMILES string of the molecule is CCN(CC)CCCOc1ccc(-c2c(OC)ccc3ncc4sccc4c23)cc1. The molecule has 0 unspecified atom stereocenters. The molecule has 0 atom stereocenters. The molecule has 2 aromatic heterocycles. The van der Waals surface area contributed by atoms with Crippen LogP contribution in [-0.2, 0) is 0 Å². The maximum absolute atomic E-state index is 5.97. The molecule has 2 heterocycles. The number of rotatable bonds is 9. The Morgan fingerprint density at radius 1 is 1.00 bits per heavy atom. The Morgan fingerprint density at radius 3 is 2.53 bits per heavy atom. The van der Waals surface area contributed by atoms with Crippen LogP contribution in [0.1, 0.15) is 20.3 Å². The van der Waals surface area contributed by atoms with Crippen molar-refractivity contribution in [2.24, 2.45) is 0 Å². The standard InChI is InChI=1S/C25H28N2O2S/c1-4-27(5-2)14-6-15-29-19-9-7-18(8-10-19)24-22(28-3)12-11-21-25(24)20-13-16-30-23(20)17-26-21/h7-13,16-17H,4-6,14-15H2,1-3H3. The molecule has 0 saturated carbocycles. The van der Waals surface area contributed by atoms with Gasteiger partial charge in [0.15, 0.2) is 0 Å². The molecule has 4 rings (SSSR count). The third-order valence-corrected chi connectivity index (χ3v) is 6.43. The highest BCUT2D eigenvalue weighted by Crippen LogP contribution is 2.41. The molecule has 30 heavy (non-hydrogen) atoms. The largest absolute Gasteiger partial charge is 0.496 e. The Kier molecular flexibility index (Phi) is 6.50. The Bertz CT molecular complexity index is 1120. The Hall–Kier alpha value is -2.63. The van der Waals surface area contributed by atoms with Gasteiger partial charge in [-0.25, -0.2) is 0 Å². The second-order valence-electron chi connectivity index (χ2n) is 7.25. The first kappa shape index (κ1) is 20.6. The third-order valence-electron chi connectivity index (χ3n) is 5.58. The van der Waals surface area contributed by atoms with Gasteiger partial charge in [0, 0.05) is 29.1 Å². The fraction of sp³-hybridized carbons (Fsp3) is 0.320. The second-order valence-corrected chi connectivity index (χ2v) is 8.19.